The monoisotopic (exact) mass is 197 g/mol. The minimum Gasteiger partial charge on any atom is -0.326 e. The van der Waals surface area contributed by atoms with Crippen LogP contribution in [0.25, 0.3) is 0 Å². The lowest BCUT2D eigenvalue weighted by Gasteiger charge is -2.37. The fourth-order valence-electron chi connectivity index (χ4n) is 2.79. The molecule has 2 unspecified atom stereocenters. The average molecular weight is 197 g/mol. The number of nitrogens with zero attached hydrogens (tertiary/aromatic N) is 1. The van der Waals surface area contributed by atoms with Gasteiger partial charge in [-0.25, -0.2) is 0 Å². The first kappa shape index (κ1) is 10.4. The molecule has 0 aromatic rings. The molecule has 0 spiro atoms. The van der Waals surface area contributed by atoms with Gasteiger partial charge in [0.2, 0.25) is 0 Å². The number of hydrogen-bond donors (Lipinski definition) is 2. The summed E-state index contributed by atoms with van der Waals surface area (Å²) in [4.78, 5) is 2.61. The van der Waals surface area contributed by atoms with Crippen molar-refractivity contribution >= 4 is 0 Å². The Labute approximate surface area is 87.0 Å². The van der Waals surface area contributed by atoms with Crippen LogP contribution in [0.5, 0.6) is 0 Å². The number of nitrogens with two attached hydrogens (primary N) is 1. The predicted molar refractivity (Wildman–Crippen MR) is 59.3 cm³/mol. The van der Waals surface area contributed by atoms with Gasteiger partial charge in [-0.3, -0.25) is 4.90 Å². The summed E-state index contributed by atoms with van der Waals surface area (Å²) in [5, 5.41) is 3.45. The molecule has 1 aliphatic heterocycles. The van der Waals surface area contributed by atoms with Crippen molar-refractivity contribution < 1.29 is 0 Å². The van der Waals surface area contributed by atoms with Crippen LogP contribution in [-0.4, -0.2) is 43.2 Å². The standard InChI is InChI=1S/C11H23N3/c12-10-4-1-2-5-11(10)14-8-3-6-13-7-9-14/h10-11,13H,1-9,12H2. The zero-order valence-corrected chi connectivity index (χ0v) is 9.04. The van der Waals surface area contributed by atoms with Gasteiger partial charge in [-0.05, 0) is 32.4 Å². The molecule has 1 saturated heterocycles. The minimum atomic E-state index is 0.432. The quantitative estimate of drug-likeness (QED) is 0.645. The summed E-state index contributed by atoms with van der Waals surface area (Å²) < 4.78 is 0. The van der Waals surface area contributed by atoms with Gasteiger partial charge in [0.15, 0.2) is 0 Å². The van der Waals surface area contributed by atoms with E-state index in [0.29, 0.717) is 12.1 Å². The molecule has 2 rings (SSSR count). The van der Waals surface area contributed by atoms with Crippen LogP contribution in [0.2, 0.25) is 0 Å². The molecule has 0 aromatic heterocycles. The number of rotatable bonds is 1. The van der Waals surface area contributed by atoms with E-state index in [1.165, 1.54) is 51.7 Å². The van der Waals surface area contributed by atoms with Gasteiger partial charge in [0.1, 0.15) is 0 Å². The molecule has 2 aliphatic rings. The van der Waals surface area contributed by atoms with Crippen LogP contribution in [0, 0.1) is 0 Å². The molecule has 2 fully saturated rings. The van der Waals surface area contributed by atoms with E-state index in [4.69, 9.17) is 5.73 Å². The van der Waals surface area contributed by atoms with E-state index in [1.54, 1.807) is 0 Å². The molecule has 1 saturated carbocycles. The molecule has 0 aromatic carbocycles. The Bertz CT molecular complexity index is 164. The SMILES string of the molecule is NC1CCCCC1N1CCCNCC1. The van der Waals surface area contributed by atoms with Gasteiger partial charge in [-0.15, -0.1) is 0 Å². The first-order chi connectivity index (χ1) is 6.88. The first-order valence-corrected chi connectivity index (χ1v) is 6.08. The fraction of sp³-hybridized carbons (Fsp3) is 1.00. The fourth-order valence-corrected chi connectivity index (χ4v) is 2.79. The smallest absolute Gasteiger partial charge is 0.0247 e. The maximum absolute atomic E-state index is 6.20. The zero-order chi connectivity index (χ0) is 9.80. The van der Waals surface area contributed by atoms with Gasteiger partial charge in [0.25, 0.3) is 0 Å². The van der Waals surface area contributed by atoms with E-state index >= 15 is 0 Å². The van der Waals surface area contributed by atoms with E-state index in [9.17, 15) is 0 Å². The van der Waals surface area contributed by atoms with Gasteiger partial charge >= 0.3 is 0 Å². The molecular formula is C11H23N3. The molecular weight excluding hydrogens is 174 g/mol. The van der Waals surface area contributed by atoms with E-state index in [1.807, 2.05) is 0 Å². The lowest BCUT2D eigenvalue weighted by atomic mass is 9.89. The van der Waals surface area contributed by atoms with Gasteiger partial charge in [0, 0.05) is 25.2 Å². The van der Waals surface area contributed by atoms with E-state index in [2.05, 4.69) is 10.2 Å². The van der Waals surface area contributed by atoms with Crippen LogP contribution >= 0.6 is 0 Å². The summed E-state index contributed by atoms with van der Waals surface area (Å²) in [6.07, 6.45) is 6.55. The van der Waals surface area contributed by atoms with Crippen molar-refractivity contribution in [1.82, 2.24) is 10.2 Å². The molecule has 0 radical (unpaired) electrons. The second-order valence-corrected chi connectivity index (χ2v) is 4.66. The van der Waals surface area contributed by atoms with Crippen molar-refractivity contribution in [3.8, 4) is 0 Å². The molecule has 3 heteroatoms. The molecule has 0 amide bonds. The van der Waals surface area contributed by atoms with Crippen LogP contribution in [0.1, 0.15) is 32.1 Å². The predicted octanol–water partition coefficient (Wildman–Crippen LogP) is 0.552. The molecule has 1 aliphatic carbocycles. The molecule has 3 nitrogen and oxygen atoms in total. The molecule has 1 heterocycles. The van der Waals surface area contributed by atoms with Crippen molar-refractivity contribution in [3.63, 3.8) is 0 Å². The normalized spacial score (nSPS) is 36.6. The second kappa shape index (κ2) is 5.10. The highest BCUT2D eigenvalue weighted by Crippen LogP contribution is 2.22. The first-order valence-electron chi connectivity index (χ1n) is 6.08. The lowest BCUT2D eigenvalue weighted by Crippen LogP contribution is -2.50. The highest BCUT2D eigenvalue weighted by molar-refractivity contribution is 4.86. The summed E-state index contributed by atoms with van der Waals surface area (Å²) in [7, 11) is 0. The molecule has 14 heavy (non-hydrogen) atoms. The molecule has 3 N–H and O–H groups in total. The summed E-state index contributed by atoms with van der Waals surface area (Å²) in [5.74, 6) is 0. The Hall–Kier alpha value is -0.120. The third-order valence-corrected chi connectivity index (χ3v) is 3.63. The van der Waals surface area contributed by atoms with Gasteiger partial charge in [0.05, 0.1) is 0 Å². The second-order valence-electron chi connectivity index (χ2n) is 4.66. The average Bonchev–Trinajstić information content (AvgIpc) is 2.47. The Morgan fingerprint density at radius 1 is 1.00 bits per heavy atom. The number of hydrogen-bond acceptors (Lipinski definition) is 3. The van der Waals surface area contributed by atoms with Crippen LogP contribution in [0.4, 0.5) is 0 Å². The van der Waals surface area contributed by atoms with Gasteiger partial charge in [-0.2, -0.15) is 0 Å². The van der Waals surface area contributed by atoms with Crippen molar-refractivity contribution in [2.45, 2.75) is 44.2 Å². The highest BCUT2D eigenvalue weighted by atomic mass is 15.2. The van der Waals surface area contributed by atoms with Crippen molar-refractivity contribution in [2.24, 2.45) is 5.73 Å². The Morgan fingerprint density at radius 3 is 2.71 bits per heavy atom. The topological polar surface area (TPSA) is 41.3 Å². The van der Waals surface area contributed by atoms with Gasteiger partial charge < -0.3 is 11.1 Å². The maximum atomic E-state index is 6.20. The summed E-state index contributed by atoms with van der Waals surface area (Å²) >= 11 is 0. The molecule has 2 atom stereocenters. The van der Waals surface area contributed by atoms with Crippen LogP contribution in [-0.2, 0) is 0 Å². The lowest BCUT2D eigenvalue weighted by molar-refractivity contribution is 0.146. The summed E-state index contributed by atoms with van der Waals surface area (Å²) in [5.41, 5.74) is 6.20. The zero-order valence-electron chi connectivity index (χ0n) is 9.04. The summed E-state index contributed by atoms with van der Waals surface area (Å²) in [6.45, 7) is 4.76. The Morgan fingerprint density at radius 2 is 1.86 bits per heavy atom. The van der Waals surface area contributed by atoms with Crippen LogP contribution in [0.15, 0.2) is 0 Å². The Kier molecular flexibility index (Phi) is 3.79. The van der Waals surface area contributed by atoms with Crippen molar-refractivity contribution in [3.05, 3.63) is 0 Å². The van der Waals surface area contributed by atoms with Crippen LogP contribution in [0.3, 0.4) is 0 Å². The number of nitrogens with one attached hydrogen (secondary N) is 1. The highest BCUT2D eigenvalue weighted by Gasteiger charge is 2.27. The van der Waals surface area contributed by atoms with E-state index < -0.39 is 0 Å². The molecule has 0 bridgehead atoms. The van der Waals surface area contributed by atoms with Crippen molar-refractivity contribution in [2.75, 3.05) is 26.2 Å². The van der Waals surface area contributed by atoms with Crippen LogP contribution < -0.4 is 11.1 Å². The van der Waals surface area contributed by atoms with Gasteiger partial charge in [-0.1, -0.05) is 12.8 Å². The minimum absolute atomic E-state index is 0.432. The van der Waals surface area contributed by atoms with E-state index in [0.717, 1.165) is 6.54 Å². The molecule has 82 valence electrons. The van der Waals surface area contributed by atoms with Crippen molar-refractivity contribution in [1.29, 1.82) is 0 Å². The van der Waals surface area contributed by atoms with E-state index in [-0.39, 0.29) is 0 Å². The maximum Gasteiger partial charge on any atom is 0.0247 e. The third-order valence-electron chi connectivity index (χ3n) is 3.63. The third kappa shape index (κ3) is 2.47. The largest absolute Gasteiger partial charge is 0.326 e. The summed E-state index contributed by atoms with van der Waals surface area (Å²) in [6, 6.07) is 1.10. The Balaban J connectivity index is 1.90.